The van der Waals surface area contributed by atoms with Crippen molar-refractivity contribution >= 4 is 0 Å². The van der Waals surface area contributed by atoms with Gasteiger partial charge in [0.15, 0.2) is 0 Å². The fraction of sp³-hybridized carbons (Fsp3) is 1.00. The maximum absolute atomic E-state index is 5.80. The van der Waals surface area contributed by atoms with Gasteiger partial charge < -0.3 is 16.2 Å². The normalized spacial score (nSPS) is 35.5. The Labute approximate surface area is 68.1 Å². The summed E-state index contributed by atoms with van der Waals surface area (Å²) in [4.78, 5) is 0. The molecule has 0 saturated carbocycles. The van der Waals surface area contributed by atoms with Gasteiger partial charge in [0.05, 0.1) is 0 Å². The Morgan fingerprint density at radius 1 is 0.818 bits per heavy atom. The van der Waals surface area contributed by atoms with Crippen LogP contribution in [0.5, 0.6) is 0 Å². The Bertz CT molecular complexity index is 96.3. The third-order valence-corrected chi connectivity index (χ3v) is 2.17. The van der Waals surface area contributed by atoms with E-state index in [-0.39, 0.29) is 0 Å². The van der Waals surface area contributed by atoms with E-state index in [1.54, 1.807) is 0 Å². The first-order valence-corrected chi connectivity index (χ1v) is 4.38. The van der Waals surface area contributed by atoms with Crippen LogP contribution in [-0.4, -0.2) is 25.3 Å². The van der Waals surface area contributed by atoms with E-state index < -0.39 is 0 Å². The second kappa shape index (κ2) is 4.70. The standard InChI is InChI=1S/C8H18N2O/c9-7-1-2-8(10)4-6-11-5-3-7/h7-8H,1-6,9-10H2. The van der Waals surface area contributed by atoms with Gasteiger partial charge in [0, 0.05) is 25.3 Å². The maximum Gasteiger partial charge on any atom is 0.0480 e. The van der Waals surface area contributed by atoms with Crippen LogP contribution < -0.4 is 11.5 Å². The molecule has 0 aromatic carbocycles. The first kappa shape index (κ1) is 8.97. The van der Waals surface area contributed by atoms with Crippen molar-refractivity contribution < 1.29 is 4.74 Å². The quantitative estimate of drug-likeness (QED) is 0.530. The molecule has 1 rings (SSSR count). The summed E-state index contributed by atoms with van der Waals surface area (Å²) < 4.78 is 5.34. The Kier molecular flexibility index (Phi) is 3.83. The number of hydrogen-bond donors (Lipinski definition) is 2. The zero-order valence-corrected chi connectivity index (χ0v) is 6.96. The Balaban J connectivity index is 2.25. The molecule has 3 nitrogen and oxygen atoms in total. The average molecular weight is 158 g/mol. The molecular weight excluding hydrogens is 140 g/mol. The summed E-state index contributed by atoms with van der Waals surface area (Å²) >= 11 is 0. The van der Waals surface area contributed by atoms with Crippen LogP contribution in [0.4, 0.5) is 0 Å². The minimum Gasteiger partial charge on any atom is -0.381 e. The highest BCUT2D eigenvalue weighted by atomic mass is 16.5. The third-order valence-electron chi connectivity index (χ3n) is 2.17. The molecule has 66 valence electrons. The van der Waals surface area contributed by atoms with E-state index in [1.807, 2.05) is 0 Å². The van der Waals surface area contributed by atoms with Crippen LogP contribution in [0.3, 0.4) is 0 Å². The Hall–Kier alpha value is -0.120. The molecule has 0 aromatic rings. The summed E-state index contributed by atoms with van der Waals surface area (Å²) in [5.41, 5.74) is 11.6. The van der Waals surface area contributed by atoms with Crippen LogP contribution in [0.1, 0.15) is 25.7 Å². The van der Waals surface area contributed by atoms with Gasteiger partial charge in [0.1, 0.15) is 0 Å². The lowest BCUT2D eigenvalue weighted by molar-refractivity contribution is 0.126. The SMILES string of the molecule is NC1CCOCCC(N)CC1. The van der Waals surface area contributed by atoms with Crippen molar-refractivity contribution in [1.82, 2.24) is 0 Å². The number of ether oxygens (including phenoxy) is 1. The topological polar surface area (TPSA) is 61.3 Å². The summed E-state index contributed by atoms with van der Waals surface area (Å²) in [6, 6.07) is 0.582. The van der Waals surface area contributed by atoms with Crippen molar-refractivity contribution in [2.24, 2.45) is 11.5 Å². The highest BCUT2D eigenvalue weighted by molar-refractivity contribution is 4.69. The molecule has 0 aromatic heterocycles. The van der Waals surface area contributed by atoms with Gasteiger partial charge in [0.25, 0.3) is 0 Å². The zero-order valence-electron chi connectivity index (χ0n) is 6.96. The van der Waals surface area contributed by atoms with E-state index in [9.17, 15) is 0 Å². The van der Waals surface area contributed by atoms with E-state index in [1.165, 1.54) is 0 Å². The van der Waals surface area contributed by atoms with Gasteiger partial charge in [-0.1, -0.05) is 0 Å². The van der Waals surface area contributed by atoms with Crippen LogP contribution in [0.25, 0.3) is 0 Å². The van der Waals surface area contributed by atoms with Crippen molar-refractivity contribution in [1.29, 1.82) is 0 Å². The molecule has 0 amide bonds. The lowest BCUT2D eigenvalue weighted by Crippen LogP contribution is -2.25. The molecule has 4 N–H and O–H groups in total. The Morgan fingerprint density at radius 2 is 1.27 bits per heavy atom. The van der Waals surface area contributed by atoms with Gasteiger partial charge >= 0.3 is 0 Å². The summed E-state index contributed by atoms with van der Waals surface area (Å²) in [5, 5.41) is 0. The average Bonchev–Trinajstić information content (AvgIpc) is 2.06. The molecule has 11 heavy (non-hydrogen) atoms. The molecule has 1 aliphatic rings. The third kappa shape index (κ3) is 3.70. The number of nitrogens with two attached hydrogens (primary N) is 2. The number of rotatable bonds is 0. The smallest absolute Gasteiger partial charge is 0.0480 e. The largest absolute Gasteiger partial charge is 0.381 e. The van der Waals surface area contributed by atoms with Gasteiger partial charge in [-0.05, 0) is 25.7 Å². The second-order valence-corrected chi connectivity index (χ2v) is 3.29. The van der Waals surface area contributed by atoms with E-state index in [2.05, 4.69) is 0 Å². The van der Waals surface area contributed by atoms with Crippen LogP contribution in [-0.2, 0) is 4.74 Å². The highest BCUT2D eigenvalue weighted by Gasteiger charge is 2.09. The molecule has 1 aliphatic heterocycles. The van der Waals surface area contributed by atoms with Gasteiger partial charge in [-0.15, -0.1) is 0 Å². The molecule has 0 spiro atoms. The predicted molar refractivity (Wildman–Crippen MR) is 45.2 cm³/mol. The van der Waals surface area contributed by atoms with E-state index in [4.69, 9.17) is 16.2 Å². The van der Waals surface area contributed by atoms with Crippen LogP contribution in [0.15, 0.2) is 0 Å². The van der Waals surface area contributed by atoms with Crippen molar-refractivity contribution in [3.63, 3.8) is 0 Å². The summed E-state index contributed by atoms with van der Waals surface area (Å²) in [5.74, 6) is 0. The molecule has 3 heteroatoms. The van der Waals surface area contributed by atoms with E-state index in [0.29, 0.717) is 12.1 Å². The molecule has 1 fully saturated rings. The molecule has 2 atom stereocenters. The predicted octanol–water partition coefficient (Wildman–Crippen LogP) is 0.232. The molecule has 0 aliphatic carbocycles. The first-order chi connectivity index (χ1) is 5.29. The monoisotopic (exact) mass is 158 g/mol. The van der Waals surface area contributed by atoms with Crippen molar-refractivity contribution in [3.05, 3.63) is 0 Å². The molecular formula is C8H18N2O. The minimum absolute atomic E-state index is 0.291. The molecule has 1 saturated heterocycles. The van der Waals surface area contributed by atoms with Crippen molar-refractivity contribution in [2.45, 2.75) is 37.8 Å². The zero-order chi connectivity index (χ0) is 8.10. The highest BCUT2D eigenvalue weighted by Crippen LogP contribution is 2.07. The van der Waals surface area contributed by atoms with E-state index in [0.717, 1.165) is 38.9 Å². The van der Waals surface area contributed by atoms with Crippen LogP contribution in [0, 0.1) is 0 Å². The van der Waals surface area contributed by atoms with Crippen molar-refractivity contribution in [3.8, 4) is 0 Å². The fourth-order valence-electron chi connectivity index (χ4n) is 1.29. The van der Waals surface area contributed by atoms with Gasteiger partial charge in [-0.25, -0.2) is 0 Å². The lowest BCUT2D eigenvalue weighted by atomic mass is 10.0. The first-order valence-electron chi connectivity index (χ1n) is 4.38. The lowest BCUT2D eigenvalue weighted by Gasteiger charge is -2.10. The molecule has 0 bridgehead atoms. The molecule has 2 unspecified atom stereocenters. The number of hydrogen-bond acceptors (Lipinski definition) is 3. The van der Waals surface area contributed by atoms with Gasteiger partial charge in [-0.3, -0.25) is 0 Å². The minimum atomic E-state index is 0.291. The second-order valence-electron chi connectivity index (χ2n) is 3.29. The van der Waals surface area contributed by atoms with Gasteiger partial charge in [0.2, 0.25) is 0 Å². The molecule has 0 radical (unpaired) electrons. The maximum atomic E-state index is 5.80. The van der Waals surface area contributed by atoms with Crippen LogP contribution >= 0.6 is 0 Å². The van der Waals surface area contributed by atoms with Crippen molar-refractivity contribution in [2.75, 3.05) is 13.2 Å². The summed E-state index contributed by atoms with van der Waals surface area (Å²) in [6.07, 6.45) is 4.05. The summed E-state index contributed by atoms with van der Waals surface area (Å²) in [7, 11) is 0. The summed E-state index contributed by atoms with van der Waals surface area (Å²) in [6.45, 7) is 1.60. The van der Waals surface area contributed by atoms with E-state index >= 15 is 0 Å². The van der Waals surface area contributed by atoms with Crippen LogP contribution in [0.2, 0.25) is 0 Å². The molecule has 1 heterocycles. The Morgan fingerprint density at radius 3 is 1.73 bits per heavy atom. The van der Waals surface area contributed by atoms with Gasteiger partial charge in [-0.2, -0.15) is 0 Å². The fourth-order valence-corrected chi connectivity index (χ4v) is 1.29.